The van der Waals surface area contributed by atoms with Crippen LogP contribution >= 0.6 is 11.6 Å². The largest absolute Gasteiger partial charge is 0.378 e. The van der Waals surface area contributed by atoms with E-state index >= 15 is 0 Å². The smallest absolute Gasteiger partial charge is 0.227 e. The van der Waals surface area contributed by atoms with Crippen LogP contribution in [0.4, 0.5) is 15.8 Å². The lowest BCUT2D eigenvalue weighted by atomic mass is 10.1. The van der Waals surface area contributed by atoms with Gasteiger partial charge in [-0.15, -0.1) is 0 Å². The van der Waals surface area contributed by atoms with Crippen molar-refractivity contribution < 1.29 is 9.18 Å². The molecule has 1 aliphatic rings. The van der Waals surface area contributed by atoms with E-state index in [1.165, 1.54) is 6.07 Å². The van der Waals surface area contributed by atoms with Gasteiger partial charge in [0.25, 0.3) is 0 Å². The van der Waals surface area contributed by atoms with Gasteiger partial charge in [0.05, 0.1) is 5.02 Å². The average molecular weight is 333 g/mol. The van der Waals surface area contributed by atoms with Crippen molar-refractivity contribution in [3.8, 4) is 0 Å². The van der Waals surface area contributed by atoms with Crippen molar-refractivity contribution in [2.45, 2.75) is 25.8 Å². The number of amides is 1. The Hall–Kier alpha value is -2.07. The number of carbonyl (C=O) groups excluding carboxylic acids is 1. The molecule has 2 aromatic carbocycles. The monoisotopic (exact) mass is 332 g/mol. The molecule has 0 saturated carbocycles. The van der Waals surface area contributed by atoms with Crippen LogP contribution in [-0.2, 0) is 4.79 Å². The number of hydrogen-bond acceptors (Lipinski definition) is 2. The maximum Gasteiger partial charge on any atom is 0.227 e. The summed E-state index contributed by atoms with van der Waals surface area (Å²) in [7, 11) is 0. The van der Waals surface area contributed by atoms with E-state index in [4.69, 9.17) is 11.6 Å². The molecule has 0 spiro atoms. The van der Waals surface area contributed by atoms with Crippen molar-refractivity contribution in [2.75, 3.05) is 16.8 Å². The molecule has 1 unspecified atom stereocenters. The first-order valence-corrected chi connectivity index (χ1v) is 8.04. The number of benzene rings is 2. The molecule has 23 heavy (non-hydrogen) atoms. The van der Waals surface area contributed by atoms with Gasteiger partial charge in [0.2, 0.25) is 5.91 Å². The van der Waals surface area contributed by atoms with Gasteiger partial charge in [0.1, 0.15) is 5.82 Å². The molecule has 3 nitrogen and oxygen atoms in total. The van der Waals surface area contributed by atoms with Crippen molar-refractivity contribution in [3.05, 3.63) is 58.9 Å². The predicted octanol–water partition coefficient (Wildman–Crippen LogP) is 4.78. The average Bonchev–Trinajstić information content (AvgIpc) is 2.96. The Morgan fingerprint density at radius 2 is 2.09 bits per heavy atom. The predicted molar refractivity (Wildman–Crippen MR) is 91.5 cm³/mol. The van der Waals surface area contributed by atoms with Crippen molar-refractivity contribution >= 4 is 28.9 Å². The number of carbonyl (C=O) groups is 1. The Morgan fingerprint density at radius 3 is 2.78 bits per heavy atom. The van der Waals surface area contributed by atoms with E-state index in [9.17, 15) is 9.18 Å². The summed E-state index contributed by atoms with van der Waals surface area (Å²) in [5, 5.41) is 3.48. The first-order valence-electron chi connectivity index (χ1n) is 7.66. The van der Waals surface area contributed by atoms with E-state index in [0.717, 1.165) is 29.9 Å². The maximum atomic E-state index is 13.3. The minimum atomic E-state index is -0.419. The van der Waals surface area contributed by atoms with Gasteiger partial charge in [-0.1, -0.05) is 23.7 Å². The SMILES string of the molecule is CC(Nc1cccc(N2CCCC2=O)c1)c1ccc(F)c(Cl)c1. The van der Waals surface area contributed by atoms with Gasteiger partial charge in [0, 0.05) is 30.4 Å². The second-order valence-electron chi connectivity index (χ2n) is 5.74. The van der Waals surface area contributed by atoms with Gasteiger partial charge >= 0.3 is 0 Å². The minimum Gasteiger partial charge on any atom is -0.378 e. The summed E-state index contributed by atoms with van der Waals surface area (Å²) in [5.74, 6) is -0.252. The molecule has 120 valence electrons. The molecule has 5 heteroatoms. The molecule has 1 atom stereocenters. The lowest BCUT2D eigenvalue weighted by Gasteiger charge is -2.20. The maximum absolute atomic E-state index is 13.3. The van der Waals surface area contributed by atoms with Crippen LogP contribution in [0.25, 0.3) is 0 Å². The lowest BCUT2D eigenvalue weighted by molar-refractivity contribution is -0.117. The lowest BCUT2D eigenvalue weighted by Crippen LogP contribution is -2.23. The number of anilines is 2. The molecular weight excluding hydrogens is 315 g/mol. The first kappa shape index (κ1) is 15.8. The number of halogens is 2. The Bertz CT molecular complexity index is 735. The van der Waals surface area contributed by atoms with E-state index in [-0.39, 0.29) is 17.0 Å². The Morgan fingerprint density at radius 1 is 1.26 bits per heavy atom. The standard InChI is InChI=1S/C18H18ClFN2O/c1-12(13-7-8-17(20)16(19)10-13)21-14-4-2-5-15(11-14)22-9-3-6-18(22)23/h2,4-5,7-8,10-12,21H,3,6,9H2,1H3. The molecule has 0 bridgehead atoms. The summed E-state index contributed by atoms with van der Waals surface area (Å²) < 4.78 is 13.3. The first-order chi connectivity index (χ1) is 11.0. The van der Waals surface area contributed by atoms with Crippen molar-refractivity contribution in [3.63, 3.8) is 0 Å². The van der Waals surface area contributed by atoms with E-state index in [2.05, 4.69) is 5.32 Å². The fraction of sp³-hybridized carbons (Fsp3) is 0.278. The van der Waals surface area contributed by atoms with Gasteiger partial charge in [0.15, 0.2) is 0 Å². The van der Waals surface area contributed by atoms with Gasteiger partial charge in [-0.05, 0) is 49.2 Å². The van der Waals surface area contributed by atoms with E-state index in [0.29, 0.717) is 6.42 Å². The number of rotatable bonds is 4. The molecule has 1 fully saturated rings. The van der Waals surface area contributed by atoms with Crippen LogP contribution in [-0.4, -0.2) is 12.5 Å². The molecule has 2 aromatic rings. The van der Waals surface area contributed by atoms with Crippen LogP contribution in [0.1, 0.15) is 31.4 Å². The van der Waals surface area contributed by atoms with Crippen LogP contribution in [0.2, 0.25) is 5.02 Å². The Labute approximate surface area is 140 Å². The molecule has 1 saturated heterocycles. The number of nitrogens with zero attached hydrogens (tertiary/aromatic N) is 1. The molecule has 0 aromatic heterocycles. The topological polar surface area (TPSA) is 32.3 Å². The Kier molecular flexibility index (Phi) is 4.53. The van der Waals surface area contributed by atoms with E-state index in [1.807, 2.05) is 36.1 Å². The third-order valence-corrected chi connectivity index (χ3v) is 4.35. The summed E-state index contributed by atoms with van der Waals surface area (Å²) in [6.45, 7) is 2.75. The molecule has 1 heterocycles. The van der Waals surface area contributed by atoms with Crippen LogP contribution < -0.4 is 10.2 Å². The quantitative estimate of drug-likeness (QED) is 0.874. The van der Waals surface area contributed by atoms with Gasteiger partial charge in [-0.2, -0.15) is 0 Å². The van der Waals surface area contributed by atoms with Crippen LogP contribution in [0, 0.1) is 5.82 Å². The summed E-state index contributed by atoms with van der Waals surface area (Å²) in [6.07, 6.45) is 1.52. The van der Waals surface area contributed by atoms with Gasteiger partial charge < -0.3 is 10.2 Å². The highest BCUT2D eigenvalue weighted by Gasteiger charge is 2.21. The van der Waals surface area contributed by atoms with E-state index < -0.39 is 5.82 Å². The second-order valence-corrected chi connectivity index (χ2v) is 6.15. The third kappa shape index (κ3) is 3.48. The number of hydrogen-bond donors (Lipinski definition) is 1. The zero-order chi connectivity index (χ0) is 16.4. The van der Waals surface area contributed by atoms with Crippen LogP contribution in [0.15, 0.2) is 42.5 Å². The van der Waals surface area contributed by atoms with Crippen LogP contribution in [0.3, 0.4) is 0 Å². The fourth-order valence-corrected chi connectivity index (χ4v) is 2.99. The van der Waals surface area contributed by atoms with Crippen molar-refractivity contribution in [2.24, 2.45) is 0 Å². The zero-order valence-corrected chi connectivity index (χ0v) is 13.6. The minimum absolute atomic E-state index is 0.0300. The molecule has 0 aliphatic carbocycles. The normalized spacial score (nSPS) is 15.8. The molecule has 3 rings (SSSR count). The highest BCUT2D eigenvalue weighted by molar-refractivity contribution is 6.30. The van der Waals surface area contributed by atoms with Gasteiger partial charge in [-0.25, -0.2) is 4.39 Å². The third-order valence-electron chi connectivity index (χ3n) is 4.06. The molecule has 1 aliphatic heterocycles. The number of nitrogens with one attached hydrogen (secondary N) is 1. The Balaban J connectivity index is 1.77. The molecule has 1 amide bonds. The summed E-state index contributed by atoms with van der Waals surface area (Å²) >= 11 is 5.84. The molecule has 1 N–H and O–H groups in total. The molecule has 0 radical (unpaired) electrons. The summed E-state index contributed by atoms with van der Waals surface area (Å²) in [6, 6.07) is 12.5. The van der Waals surface area contributed by atoms with E-state index in [1.54, 1.807) is 12.1 Å². The second kappa shape index (κ2) is 6.59. The highest BCUT2D eigenvalue weighted by atomic mass is 35.5. The highest BCUT2D eigenvalue weighted by Crippen LogP contribution is 2.27. The van der Waals surface area contributed by atoms with Crippen molar-refractivity contribution in [1.29, 1.82) is 0 Å². The van der Waals surface area contributed by atoms with Crippen LogP contribution in [0.5, 0.6) is 0 Å². The van der Waals surface area contributed by atoms with Gasteiger partial charge in [-0.3, -0.25) is 4.79 Å². The molecular formula is C18H18ClFN2O. The van der Waals surface area contributed by atoms with Crippen molar-refractivity contribution in [1.82, 2.24) is 0 Å². The summed E-state index contributed by atoms with van der Waals surface area (Å²) in [4.78, 5) is 13.7. The summed E-state index contributed by atoms with van der Waals surface area (Å²) in [5.41, 5.74) is 2.72. The zero-order valence-electron chi connectivity index (χ0n) is 12.9. The fourth-order valence-electron chi connectivity index (χ4n) is 2.80.